The molecule has 0 bridgehead atoms. The van der Waals surface area contributed by atoms with Crippen molar-refractivity contribution in [1.29, 1.82) is 0 Å². The highest BCUT2D eigenvalue weighted by molar-refractivity contribution is 5.86. The first kappa shape index (κ1) is 14.1. The van der Waals surface area contributed by atoms with Crippen LogP contribution >= 0.6 is 0 Å². The fraction of sp³-hybridized carbons (Fsp3) is 0.231. The Kier molecular flexibility index (Phi) is 3.52. The van der Waals surface area contributed by atoms with Crippen LogP contribution in [0.25, 0.3) is 10.9 Å². The summed E-state index contributed by atoms with van der Waals surface area (Å²) in [5, 5.41) is 0.335. The van der Waals surface area contributed by atoms with Gasteiger partial charge in [0.05, 0.1) is 24.7 Å². The van der Waals surface area contributed by atoms with E-state index in [0.717, 1.165) is 22.8 Å². The van der Waals surface area contributed by atoms with Crippen molar-refractivity contribution in [3.8, 4) is 5.75 Å². The van der Waals surface area contributed by atoms with Gasteiger partial charge < -0.3 is 14.1 Å². The lowest BCUT2D eigenvalue weighted by atomic mass is 10.1. The quantitative estimate of drug-likeness (QED) is 0.812. The van der Waals surface area contributed by atoms with E-state index in [-0.39, 0.29) is 17.8 Å². The largest absolute Gasteiger partial charge is 0.496 e. The van der Waals surface area contributed by atoms with Crippen LogP contribution in [0.5, 0.6) is 5.75 Å². The molecule has 1 heterocycles. The van der Waals surface area contributed by atoms with Gasteiger partial charge in [-0.15, -0.1) is 0 Å². The molecule has 0 spiro atoms. The zero-order valence-electron chi connectivity index (χ0n) is 10.4. The summed E-state index contributed by atoms with van der Waals surface area (Å²) in [4.78, 5) is 22.4. The van der Waals surface area contributed by atoms with E-state index in [4.69, 9.17) is 4.74 Å². The number of methoxy groups -OCH3 is 1. The predicted molar refractivity (Wildman–Crippen MR) is 65.8 cm³/mol. The molecule has 0 unspecified atom stereocenters. The van der Waals surface area contributed by atoms with Crippen molar-refractivity contribution in [1.82, 2.24) is 4.57 Å². The molecule has 0 saturated heterocycles. The summed E-state index contributed by atoms with van der Waals surface area (Å²) in [6.07, 6.45) is -4.08. The summed E-state index contributed by atoms with van der Waals surface area (Å²) in [5.74, 6) is 0.167. The van der Waals surface area contributed by atoms with Crippen LogP contribution in [-0.4, -0.2) is 18.0 Å². The fourth-order valence-corrected chi connectivity index (χ4v) is 1.96. The van der Waals surface area contributed by atoms with E-state index in [0.29, 0.717) is 11.7 Å². The SMILES string of the molecule is COc1cc(=O)n(CC=O)c2cc(C(F)(F)F)ccc12. The van der Waals surface area contributed by atoms with Gasteiger partial charge in [0.2, 0.25) is 0 Å². The average molecular weight is 285 g/mol. The summed E-state index contributed by atoms with van der Waals surface area (Å²) in [6, 6.07) is 4.10. The molecule has 0 amide bonds. The summed E-state index contributed by atoms with van der Waals surface area (Å²) in [6.45, 7) is -0.319. The Labute approximate surface area is 111 Å². The maximum absolute atomic E-state index is 12.7. The number of hydrogen-bond acceptors (Lipinski definition) is 3. The smallest absolute Gasteiger partial charge is 0.416 e. The van der Waals surface area contributed by atoms with E-state index in [1.807, 2.05) is 0 Å². The first-order valence-corrected chi connectivity index (χ1v) is 5.61. The molecule has 0 N–H and O–H groups in total. The number of pyridine rings is 1. The van der Waals surface area contributed by atoms with Gasteiger partial charge in [-0.3, -0.25) is 4.79 Å². The number of carbonyl (C=O) groups excluding carboxylic acids is 1. The average Bonchev–Trinajstić information content (AvgIpc) is 2.40. The van der Waals surface area contributed by atoms with Crippen molar-refractivity contribution in [3.05, 3.63) is 40.2 Å². The van der Waals surface area contributed by atoms with E-state index in [1.165, 1.54) is 13.2 Å². The molecule has 2 rings (SSSR count). The molecular formula is C13H10F3NO3. The predicted octanol–water partition coefficient (Wildman–Crippen LogP) is 2.23. The third kappa shape index (κ3) is 2.38. The molecule has 20 heavy (non-hydrogen) atoms. The lowest BCUT2D eigenvalue weighted by Gasteiger charge is -2.13. The van der Waals surface area contributed by atoms with Crippen molar-refractivity contribution >= 4 is 17.2 Å². The Morgan fingerprint density at radius 2 is 2.00 bits per heavy atom. The van der Waals surface area contributed by atoms with Crippen LogP contribution < -0.4 is 10.3 Å². The highest BCUT2D eigenvalue weighted by Crippen LogP contribution is 2.33. The highest BCUT2D eigenvalue weighted by Gasteiger charge is 2.31. The van der Waals surface area contributed by atoms with Crippen LogP contribution in [0.1, 0.15) is 5.56 Å². The number of halogens is 3. The molecular weight excluding hydrogens is 275 g/mol. The zero-order chi connectivity index (χ0) is 14.9. The minimum Gasteiger partial charge on any atom is -0.496 e. The first-order chi connectivity index (χ1) is 9.38. The first-order valence-electron chi connectivity index (χ1n) is 5.61. The Morgan fingerprint density at radius 1 is 1.30 bits per heavy atom. The monoisotopic (exact) mass is 285 g/mol. The number of aromatic nitrogens is 1. The van der Waals surface area contributed by atoms with E-state index in [2.05, 4.69) is 0 Å². The number of aldehydes is 1. The zero-order valence-corrected chi connectivity index (χ0v) is 10.4. The second-order valence-electron chi connectivity index (χ2n) is 4.06. The number of ether oxygens (including phenoxy) is 1. The molecule has 1 aromatic carbocycles. The topological polar surface area (TPSA) is 48.3 Å². The van der Waals surface area contributed by atoms with Gasteiger partial charge in [0.1, 0.15) is 12.0 Å². The van der Waals surface area contributed by atoms with Crippen molar-refractivity contribution in [2.75, 3.05) is 7.11 Å². The number of alkyl halides is 3. The number of hydrogen-bond donors (Lipinski definition) is 0. The van der Waals surface area contributed by atoms with Crippen LogP contribution in [0.15, 0.2) is 29.1 Å². The molecule has 7 heteroatoms. The Balaban J connectivity index is 2.85. The van der Waals surface area contributed by atoms with Gasteiger partial charge in [0, 0.05) is 11.5 Å². The van der Waals surface area contributed by atoms with Gasteiger partial charge in [-0.05, 0) is 18.2 Å². The Hall–Kier alpha value is -2.31. The molecule has 1 aromatic heterocycles. The Morgan fingerprint density at radius 3 is 2.55 bits per heavy atom. The van der Waals surface area contributed by atoms with E-state index >= 15 is 0 Å². The standard InChI is InChI=1S/C13H10F3NO3/c1-20-11-7-12(19)17(4-5-18)10-6-8(13(14,15)16)2-3-9(10)11/h2-3,5-7H,4H2,1H3. The van der Waals surface area contributed by atoms with Gasteiger partial charge >= 0.3 is 6.18 Å². The van der Waals surface area contributed by atoms with Crippen molar-refractivity contribution in [2.45, 2.75) is 12.7 Å². The Bertz CT molecular complexity index is 719. The maximum atomic E-state index is 12.7. The lowest BCUT2D eigenvalue weighted by Crippen LogP contribution is -2.21. The number of rotatable bonds is 3. The maximum Gasteiger partial charge on any atom is 0.416 e. The van der Waals surface area contributed by atoms with Gasteiger partial charge in [0.15, 0.2) is 0 Å². The van der Waals surface area contributed by atoms with E-state index in [1.54, 1.807) is 0 Å². The second kappa shape index (κ2) is 4.99. The third-order valence-electron chi connectivity index (χ3n) is 2.88. The van der Waals surface area contributed by atoms with Gasteiger partial charge in [0.25, 0.3) is 5.56 Å². The molecule has 106 valence electrons. The molecule has 0 fully saturated rings. The van der Waals surface area contributed by atoms with E-state index < -0.39 is 17.3 Å². The number of fused-ring (bicyclic) bond motifs is 1. The minimum absolute atomic E-state index is 0.0104. The van der Waals surface area contributed by atoms with Gasteiger partial charge in [-0.2, -0.15) is 13.2 Å². The fourth-order valence-electron chi connectivity index (χ4n) is 1.96. The minimum atomic E-state index is -4.53. The van der Waals surface area contributed by atoms with Crippen LogP contribution in [0.2, 0.25) is 0 Å². The lowest BCUT2D eigenvalue weighted by molar-refractivity contribution is -0.137. The molecule has 0 atom stereocenters. The molecule has 0 radical (unpaired) electrons. The van der Waals surface area contributed by atoms with E-state index in [9.17, 15) is 22.8 Å². The number of benzene rings is 1. The molecule has 4 nitrogen and oxygen atoms in total. The van der Waals surface area contributed by atoms with Crippen LogP contribution in [-0.2, 0) is 17.5 Å². The summed E-state index contributed by atoms with van der Waals surface area (Å²) >= 11 is 0. The van der Waals surface area contributed by atoms with Crippen LogP contribution in [0, 0.1) is 0 Å². The molecule has 0 saturated carbocycles. The summed E-state index contributed by atoms with van der Waals surface area (Å²) in [5.41, 5.74) is -1.48. The molecule has 0 aliphatic rings. The van der Waals surface area contributed by atoms with Crippen LogP contribution in [0.4, 0.5) is 13.2 Å². The van der Waals surface area contributed by atoms with Gasteiger partial charge in [-0.1, -0.05) is 0 Å². The third-order valence-corrected chi connectivity index (χ3v) is 2.88. The van der Waals surface area contributed by atoms with Gasteiger partial charge in [-0.25, -0.2) is 0 Å². The summed E-state index contributed by atoms with van der Waals surface area (Å²) < 4.78 is 44.1. The van der Waals surface area contributed by atoms with Crippen molar-refractivity contribution in [3.63, 3.8) is 0 Å². The number of nitrogens with zero attached hydrogens (tertiary/aromatic N) is 1. The summed E-state index contributed by atoms with van der Waals surface area (Å²) in [7, 11) is 1.32. The molecule has 0 aliphatic heterocycles. The van der Waals surface area contributed by atoms with Crippen molar-refractivity contribution in [2.24, 2.45) is 0 Å². The number of carbonyl (C=O) groups is 1. The highest BCUT2D eigenvalue weighted by atomic mass is 19.4. The second-order valence-corrected chi connectivity index (χ2v) is 4.06. The van der Waals surface area contributed by atoms with Crippen LogP contribution in [0.3, 0.4) is 0 Å². The normalized spacial score (nSPS) is 11.6. The molecule has 0 aliphatic carbocycles. The molecule has 2 aromatic rings. The van der Waals surface area contributed by atoms with Crippen molar-refractivity contribution < 1.29 is 22.7 Å².